The van der Waals surface area contributed by atoms with E-state index in [1.807, 2.05) is 18.2 Å². The van der Waals surface area contributed by atoms with Gasteiger partial charge in [0.25, 0.3) is 0 Å². The minimum Gasteiger partial charge on any atom is -0.381 e. The van der Waals surface area contributed by atoms with Gasteiger partial charge in [-0.15, -0.1) is 0 Å². The molecule has 1 fully saturated rings. The van der Waals surface area contributed by atoms with E-state index in [1.54, 1.807) is 0 Å². The second kappa shape index (κ2) is 5.36. The van der Waals surface area contributed by atoms with Crippen LogP contribution in [0.3, 0.4) is 0 Å². The quantitative estimate of drug-likeness (QED) is 0.885. The Bertz CT molecular complexity index is 403. The molecule has 1 aliphatic rings. The van der Waals surface area contributed by atoms with Gasteiger partial charge in [-0.1, -0.05) is 19.3 Å². The summed E-state index contributed by atoms with van der Waals surface area (Å²) < 4.78 is 0.983. The third-order valence-corrected chi connectivity index (χ3v) is 3.72. The number of halogens is 1. The first-order chi connectivity index (χ1) is 7.79. The molecule has 0 saturated heterocycles. The molecule has 16 heavy (non-hydrogen) atoms. The maximum absolute atomic E-state index is 8.78. The Kier molecular flexibility index (Phi) is 3.84. The van der Waals surface area contributed by atoms with Gasteiger partial charge in [0.2, 0.25) is 0 Å². The van der Waals surface area contributed by atoms with Crippen molar-refractivity contribution in [1.82, 2.24) is 0 Å². The summed E-state index contributed by atoms with van der Waals surface area (Å²) in [7, 11) is 0. The summed E-state index contributed by atoms with van der Waals surface area (Å²) in [5, 5.41) is 12.3. The number of hydrogen-bond donors (Lipinski definition) is 1. The molecule has 0 aromatic heterocycles. The van der Waals surface area contributed by atoms with E-state index in [0.29, 0.717) is 11.6 Å². The van der Waals surface area contributed by atoms with Gasteiger partial charge in [0, 0.05) is 16.2 Å². The van der Waals surface area contributed by atoms with Gasteiger partial charge in [-0.25, -0.2) is 0 Å². The number of nitrogens with zero attached hydrogens (tertiary/aromatic N) is 1. The van der Waals surface area contributed by atoms with Crippen molar-refractivity contribution in [2.75, 3.05) is 5.32 Å². The minimum absolute atomic E-state index is 0.595. The van der Waals surface area contributed by atoms with E-state index in [-0.39, 0.29) is 0 Å². The molecule has 1 aromatic rings. The monoisotopic (exact) mass is 278 g/mol. The molecule has 0 unspecified atom stereocenters. The smallest absolute Gasteiger partial charge is 0.0992 e. The standard InChI is InChI=1S/C13H15BrN2/c14-12-8-10(9-15)6-7-13(12)16-11-4-2-1-3-5-11/h6-8,11,16H,1-5H2. The summed E-state index contributed by atoms with van der Waals surface area (Å²) in [6, 6.07) is 8.44. The number of benzene rings is 1. The fourth-order valence-corrected chi connectivity index (χ4v) is 2.66. The maximum atomic E-state index is 8.78. The van der Waals surface area contributed by atoms with Gasteiger partial charge in [-0.05, 0) is 47.0 Å². The lowest BCUT2D eigenvalue weighted by Gasteiger charge is -2.24. The molecule has 0 spiro atoms. The maximum Gasteiger partial charge on any atom is 0.0992 e. The van der Waals surface area contributed by atoms with Crippen molar-refractivity contribution in [3.63, 3.8) is 0 Å². The SMILES string of the molecule is N#Cc1ccc(NC2CCCCC2)c(Br)c1. The fraction of sp³-hybridized carbons (Fsp3) is 0.462. The highest BCUT2D eigenvalue weighted by molar-refractivity contribution is 9.10. The molecular weight excluding hydrogens is 264 g/mol. The normalized spacial score (nSPS) is 16.8. The second-order valence-corrected chi connectivity index (χ2v) is 5.14. The van der Waals surface area contributed by atoms with Crippen LogP contribution in [0.4, 0.5) is 5.69 Å². The molecule has 1 N–H and O–H groups in total. The first kappa shape index (κ1) is 11.5. The molecule has 1 aliphatic carbocycles. The Balaban J connectivity index is 2.06. The third kappa shape index (κ3) is 2.76. The van der Waals surface area contributed by atoms with Crippen LogP contribution >= 0.6 is 15.9 Å². The van der Waals surface area contributed by atoms with Crippen LogP contribution in [0.15, 0.2) is 22.7 Å². The Morgan fingerprint density at radius 1 is 1.25 bits per heavy atom. The average Bonchev–Trinajstić information content (AvgIpc) is 2.33. The molecule has 0 bridgehead atoms. The Morgan fingerprint density at radius 2 is 2.00 bits per heavy atom. The lowest BCUT2D eigenvalue weighted by molar-refractivity contribution is 0.462. The van der Waals surface area contributed by atoms with Gasteiger partial charge in [0.15, 0.2) is 0 Å². The number of anilines is 1. The zero-order valence-electron chi connectivity index (χ0n) is 9.17. The lowest BCUT2D eigenvalue weighted by atomic mass is 9.95. The molecule has 2 nitrogen and oxygen atoms in total. The highest BCUT2D eigenvalue weighted by Crippen LogP contribution is 2.27. The molecule has 1 saturated carbocycles. The molecule has 0 atom stereocenters. The van der Waals surface area contributed by atoms with Gasteiger partial charge >= 0.3 is 0 Å². The van der Waals surface area contributed by atoms with Crippen molar-refractivity contribution in [1.29, 1.82) is 5.26 Å². The van der Waals surface area contributed by atoms with Crippen molar-refractivity contribution < 1.29 is 0 Å². The summed E-state index contributed by atoms with van der Waals surface area (Å²) in [6.07, 6.45) is 6.53. The zero-order valence-corrected chi connectivity index (χ0v) is 10.8. The molecule has 1 aromatic carbocycles. The summed E-state index contributed by atoms with van der Waals surface area (Å²) in [6.45, 7) is 0. The van der Waals surface area contributed by atoms with E-state index in [2.05, 4.69) is 27.3 Å². The molecule has 0 amide bonds. The molecule has 0 radical (unpaired) electrons. The van der Waals surface area contributed by atoms with Crippen molar-refractivity contribution >= 4 is 21.6 Å². The van der Waals surface area contributed by atoms with Gasteiger partial charge in [-0.2, -0.15) is 5.26 Å². The van der Waals surface area contributed by atoms with Crippen molar-refractivity contribution in [2.24, 2.45) is 0 Å². The van der Waals surface area contributed by atoms with E-state index >= 15 is 0 Å². The summed E-state index contributed by atoms with van der Waals surface area (Å²) >= 11 is 3.50. The molecule has 0 heterocycles. The summed E-state index contributed by atoms with van der Waals surface area (Å²) in [5.41, 5.74) is 1.80. The van der Waals surface area contributed by atoms with Crippen LogP contribution in [0.2, 0.25) is 0 Å². The van der Waals surface area contributed by atoms with Gasteiger partial charge in [-0.3, -0.25) is 0 Å². The number of nitrogens with one attached hydrogen (secondary N) is 1. The molecular formula is C13H15BrN2. The Morgan fingerprint density at radius 3 is 2.62 bits per heavy atom. The van der Waals surface area contributed by atoms with Gasteiger partial charge in [0.1, 0.15) is 0 Å². The van der Waals surface area contributed by atoms with E-state index < -0.39 is 0 Å². The molecule has 2 rings (SSSR count). The van der Waals surface area contributed by atoms with Crippen LogP contribution in [0.5, 0.6) is 0 Å². The second-order valence-electron chi connectivity index (χ2n) is 4.29. The van der Waals surface area contributed by atoms with Crippen molar-refractivity contribution in [3.05, 3.63) is 28.2 Å². The number of nitriles is 1. The third-order valence-electron chi connectivity index (χ3n) is 3.06. The van der Waals surface area contributed by atoms with E-state index in [0.717, 1.165) is 10.2 Å². The zero-order chi connectivity index (χ0) is 11.4. The lowest BCUT2D eigenvalue weighted by Crippen LogP contribution is -2.22. The van der Waals surface area contributed by atoms with Crippen LogP contribution in [-0.4, -0.2) is 6.04 Å². The van der Waals surface area contributed by atoms with Crippen molar-refractivity contribution in [3.8, 4) is 6.07 Å². The predicted molar refractivity (Wildman–Crippen MR) is 69.4 cm³/mol. The van der Waals surface area contributed by atoms with Crippen LogP contribution < -0.4 is 5.32 Å². The van der Waals surface area contributed by atoms with E-state index in [4.69, 9.17) is 5.26 Å². The summed E-state index contributed by atoms with van der Waals surface area (Å²) in [5.74, 6) is 0. The highest BCUT2D eigenvalue weighted by atomic mass is 79.9. The Labute approximate surface area is 105 Å². The van der Waals surface area contributed by atoms with Gasteiger partial charge < -0.3 is 5.32 Å². The highest BCUT2D eigenvalue weighted by Gasteiger charge is 2.13. The fourth-order valence-electron chi connectivity index (χ4n) is 2.17. The van der Waals surface area contributed by atoms with Crippen LogP contribution in [-0.2, 0) is 0 Å². The predicted octanol–water partition coefficient (Wildman–Crippen LogP) is 4.07. The van der Waals surface area contributed by atoms with Crippen molar-refractivity contribution in [2.45, 2.75) is 38.1 Å². The average molecular weight is 279 g/mol. The number of rotatable bonds is 2. The van der Waals surface area contributed by atoms with Crippen LogP contribution in [0, 0.1) is 11.3 Å². The first-order valence-corrected chi connectivity index (χ1v) is 6.55. The minimum atomic E-state index is 0.595. The summed E-state index contributed by atoms with van der Waals surface area (Å²) in [4.78, 5) is 0. The van der Waals surface area contributed by atoms with Crippen LogP contribution in [0.1, 0.15) is 37.7 Å². The molecule has 3 heteroatoms. The Hall–Kier alpha value is -1.01. The van der Waals surface area contributed by atoms with E-state index in [9.17, 15) is 0 Å². The van der Waals surface area contributed by atoms with Gasteiger partial charge in [0.05, 0.1) is 11.6 Å². The largest absolute Gasteiger partial charge is 0.381 e. The molecule has 84 valence electrons. The topological polar surface area (TPSA) is 35.8 Å². The van der Waals surface area contributed by atoms with Crippen LogP contribution in [0.25, 0.3) is 0 Å². The molecule has 0 aliphatic heterocycles. The number of hydrogen-bond acceptors (Lipinski definition) is 2. The first-order valence-electron chi connectivity index (χ1n) is 5.76. The van der Waals surface area contributed by atoms with E-state index in [1.165, 1.54) is 32.1 Å².